The van der Waals surface area contributed by atoms with E-state index in [1.54, 1.807) is 0 Å². The molecule has 3 rings (SSSR count). The molecule has 0 aliphatic carbocycles. The van der Waals surface area contributed by atoms with Gasteiger partial charge in [-0.25, -0.2) is 0 Å². The van der Waals surface area contributed by atoms with Crippen LogP contribution in [0.3, 0.4) is 0 Å². The molecule has 6 nitrogen and oxygen atoms in total. The number of nitrogens with zero attached hydrogens (tertiary/aromatic N) is 2. The maximum atomic E-state index is 12.6. The highest BCUT2D eigenvalue weighted by molar-refractivity contribution is 5.92. The van der Waals surface area contributed by atoms with Crippen LogP contribution in [-0.4, -0.2) is 67.6 Å². The molecular formula is C22H33N3O3. The zero-order valence-electron chi connectivity index (χ0n) is 17.0. The minimum Gasteiger partial charge on any atom is -0.378 e. The second kappa shape index (κ2) is 10.6. The van der Waals surface area contributed by atoms with Gasteiger partial charge in [0.1, 0.15) is 0 Å². The van der Waals surface area contributed by atoms with E-state index in [1.807, 2.05) is 17.0 Å². The molecule has 28 heavy (non-hydrogen) atoms. The van der Waals surface area contributed by atoms with Crippen LogP contribution in [0, 0.1) is 5.92 Å². The Hall–Kier alpha value is -1.92. The smallest absolute Gasteiger partial charge is 0.238 e. The second-order valence-electron chi connectivity index (χ2n) is 7.84. The Balaban J connectivity index is 1.39. The van der Waals surface area contributed by atoms with Crippen LogP contribution >= 0.6 is 0 Å². The molecule has 2 aliphatic heterocycles. The summed E-state index contributed by atoms with van der Waals surface area (Å²) in [7, 11) is 0. The zero-order valence-corrected chi connectivity index (χ0v) is 17.0. The number of anilines is 1. The highest BCUT2D eigenvalue weighted by Gasteiger charge is 2.29. The molecule has 0 bridgehead atoms. The monoisotopic (exact) mass is 387 g/mol. The molecule has 2 amide bonds. The van der Waals surface area contributed by atoms with Gasteiger partial charge in [-0.2, -0.15) is 0 Å². The number of likely N-dealkylation sites (tertiary alicyclic amines) is 1. The van der Waals surface area contributed by atoms with Crippen LogP contribution in [0.15, 0.2) is 24.3 Å². The lowest BCUT2D eigenvalue weighted by Crippen LogP contribution is -2.47. The van der Waals surface area contributed by atoms with Crippen molar-refractivity contribution in [2.45, 2.75) is 39.0 Å². The number of rotatable bonds is 7. The highest BCUT2D eigenvalue weighted by atomic mass is 16.5. The van der Waals surface area contributed by atoms with Crippen LogP contribution < -0.4 is 5.32 Å². The summed E-state index contributed by atoms with van der Waals surface area (Å²) >= 11 is 0. The van der Waals surface area contributed by atoms with Crippen molar-refractivity contribution in [3.05, 3.63) is 29.8 Å². The van der Waals surface area contributed by atoms with Crippen LogP contribution in [0.5, 0.6) is 0 Å². The van der Waals surface area contributed by atoms with Gasteiger partial charge in [-0.15, -0.1) is 0 Å². The number of nitrogens with one attached hydrogen (secondary N) is 1. The average Bonchev–Trinajstić information content (AvgIpc) is 2.74. The number of unbranched alkanes of at least 4 members (excludes halogenated alkanes) is 1. The summed E-state index contributed by atoms with van der Waals surface area (Å²) in [6.45, 7) is 6.87. The Bertz CT molecular complexity index is 633. The van der Waals surface area contributed by atoms with Gasteiger partial charge in [0.05, 0.1) is 19.8 Å². The normalized spacial score (nSPS) is 18.8. The lowest BCUT2D eigenvalue weighted by atomic mass is 9.95. The fourth-order valence-corrected chi connectivity index (χ4v) is 3.92. The quantitative estimate of drug-likeness (QED) is 0.781. The second-order valence-corrected chi connectivity index (χ2v) is 7.84. The first-order chi connectivity index (χ1) is 13.7. The highest BCUT2D eigenvalue weighted by Crippen LogP contribution is 2.20. The van der Waals surface area contributed by atoms with Gasteiger partial charge in [-0.05, 0) is 56.5 Å². The molecule has 2 heterocycles. The third kappa shape index (κ3) is 6.04. The molecule has 2 fully saturated rings. The van der Waals surface area contributed by atoms with Crippen molar-refractivity contribution >= 4 is 17.5 Å². The standard InChI is InChI=1S/C22H33N3O3/c1-2-3-4-18-5-7-20(8-6-18)23-21(26)17-24-11-9-19(10-12-24)22(27)25-13-15-28-16-14-25/h5-8,19H,2-4,9-17H2,1H3,(H,23,26). The molecule has 0 unspecified atom stereocenters. The summed E-state index contributed by atoms with van der Waals surface area (Å²) in [6, 6.07) is 8.15. The predicted octanol–water partition coefficient (Wildman–Crippen LogP) is 2.54. The van der Waals surface area contributed by atoms with Gasteiger partial charge >= 0.3 is 0 Å². The summed E-state index contributed by atoms with van der Waals surface area (Å²) in [4.78, 5) is 29.0. The Kier molecular flexibility index (Phi) is 7.86. The Morgan fingerprint density at radius 3 is 2.39 bits per heavy atom. The van der Waals surface area contributed by atoms with Gasteiger partial charge in [-0.1, -0.05) is 25.5 Å². The van der Waals surface area contributed by atoms with Crippen molar-refractivity contribution in [1.82, 2.24) is 9.80 Å². The van der Waals surface area contributed by atoms with Crippen LogP contribution in [0.2, 0.25) is 0 Å². The summed E-state index contributed by atoms with van der Waals surface area (Å²) < 4.78 is 5.32. The Labute approximate surface area is 168 Å². The molecule has 0 saturated carbocycles. The van der Waals surface area contributed by atoms with Crippen molar-refractivity contribution in [3.63, 3.8) is 0 Å². The molecule has 154 valence electrons. The minimum atomic E-state index is 0.0132. The number of carbonyl (C=O) groups excluding carboxylic acids is 2. The van der Waals surface area contributed by atoms with E-state index in [9.17, 15) is 9.59 Å². The first-order valence-electron chi connectivity index (χ1n) is 10.6. The van der Waals surface area contributed by atoms with Gasteiger partial charge in [0.25, 0.3) is 0 Å². The van der Waals surface area contributed by atoms with E-state index in [0.717, 1.165) is 38.0 Å². The summed E-state index contributed by atoms with van der Waals surface area (Å²) in [5, 5.41) is 2.99. The Morgan fingerprint density at radius 1 is 1.07 bits per heavy atom. The average molecular weight is 388 g/mol. The van der Waals surface area contributed by atoms with E-state index < -0.39 is 0 Å². The number of piperidine rings is 1. The number of hydrogen-bond acceptors (Lipinski definition) is 4. The van der Waals surface area contributed by atoms with E-state index >= 15 is 0 Å². The summed E-state index contributed by atoms with van der Waals surface area (Å²) in [5.41, 5.74) is 2.16. The fourth-order valence-electron chi connectivity index (χ4n) is 3.92. The number of hydrogen-bond donors (Lipinski definition) is 1. The lowest BCUT2D eigenvalue weighted by Gasteiger charge is -2.35. The van der Waals surface area contributed by atoms with E-state index in [2.05, 4.69) is 29.3 Å². The number of ether oxygens (including phenoxy) is 1. The van der Waals surface area contributed by atoms with Crippen LogP contribution in [0.4, 0.5) is 5.69 Å². The molecular weight excluding hydrogens is 354 g/mol. The van der Waals surface area contributed by atoms with Gasteiger partial charge in [0.15, 0.2) is 0 Å². The number of carbonyl (C=O) groups is 2. The van der Waals surface area contributed by atoms with Gasteiger partial charge < -0.3 is 15.0 Å². The van der Waals surface area contributed by atoms with E-state index in [1.165, 1.54) is 18.4 Å². The molecule has 0 aromatic heterocycles. The Morgan fingerprint density at radius 2 is 1.75 bits per heavy atom. The first kappa shape index (κ1) is 20.8. The van der Waals surface area contributed by atoms with Crippen molar-refractivity contribution < 1.29 is 14.3 Å². The maximum Gasteiger partial charge on any atom is 0.238 e. The van der Waals surface area contributed by atoms with Crippen LogP contribution in [-0.2, 0) is 20.7 Å². The SMILES string of the molecule is CCCCc1ccc(NC(=O)CN2CCC(C(=O)N3CCOCC3)CC2)cc1. The summed E-state index contributed by atoms with van der Waals surface area (Å²) in [6.07, 6.45) is 5.12. The fraction of sp³-hybridized carbons (Fsp3) is 0.636. The zero-order chi connectivity index (χ0) is 19.8. The van der Waals surface area contributed by atoms with Crippen molar-refractivity contribution in [2.24, 2.45) is 5.92 Å². The number of morpholine rings is 1. The molecule has 1 N–H and O–H groups in total. The van der Waals surface area contributed by atoms with Gasteiger partial charge in [0, 0.05) is 24.7 Å². The lowest BCUT2D eigenvalue weighted by molar-refractivity contribution is -0.141. The van der Waals surface area contributed by atoms with Crippen molar-refractivity contribution in [1.29, 1.82) is 0 Å². The van der Waals surface area contributed by atoms with Gasteiger partial charge in [-0.3, -0.25) is 14.5 Å². The number of benzene rings is 1. The molecule has 6 heteroatoms. The van der Waals surface area contributed by atoms with Crippen molar-refractivity contribution in [3.8, 4) is 0 Å². The summed E-state index contributed by atoms with van der Waals surface area (Å²) in [5.74, 6) is 0.364. The van der Waals surface area contributed by atoms with E-state index in [4.69, 9.17) is 4.74 Å². The molecule has 0 atom stereocenters. The maximum absolute atomic E-state index is 12.6. The number of aryl methyl sites for hydroxylation is 1. The van der Waals surface area contributed by atoms with E-state index in [0.29, 0.717) is 32.8 Å². The minimum absolute atomic E-state index is 0.0132. The number of amides is 2. The van der Waals surface area contributed by atoms with Crippen molar-refractivity contribution in [2.75, 3.05) is 51.3 Å². The molecule has 1 aromatic carbocycles. The molecule has 0 radical (unpaired) electrons. The largest absolute Gasteiger partial charge is 0.378 e. The topological polar surface area (TPSA) is 61.9 Å². The van der Waals surface area contributed by atoms with Crippen LogP contribution in [0.1, 0.15) is 38.2 Å². The molecule has 2 aliphatic rings. The molecule has 0 spiro atoms. The first-order valence-corrected chi connectivity index (χ1v) is 10.6. The van der Waals surface area contributed by atoms with E-state index in [-0.39, 0.29) is 17.7 Å². The molecule has 1 aromatic rings. The van der Waals surface area contributed by atoms with Gasteiger partial charge in [0.2, 0.25) is 11.8 Å². The third-order valence-corrected chi connectivity index (χ3v) is 5.68. The third-order valence-electron chi connectivity index (χ3n) is 5.68. The molecule has 2 saturated heterocycles. The predicted molar refractivity (Wildman–Crippen MR) is 110 cm³/mol. The van der Waals surface area contributed by atoms with Crippen LogP contribution in [0.25, 0.3) is 0 Å².